The molecule has 4 nitrogen and oxygen atoms in total. The fourth-order valence-electron chi connectivity index (χ4n) is 0.446. The van der Waals surface area contributed by atoms with Gasteiger partial charge in [0, 0.05) is 0 Å². The molecule has 0 radical (unpaired) electrons. The van der Waals surface area contributed by atoms with Crippen molar-refractivity contribution in [3.05, 3.63) is 0 Å². The van der Waals surface area contributed by atoms with E-state index in [2.05, 4.69) is 0 Å². The minimum Gasteiger partial charge on any atom is -0.294 e. The first kappa shape index (κ1) is 16.1. The number of rotatable bonds is 6. The van der Waals surface area contributed by atoms with Gasteiger partial charge in [-0.05, 0) is 0 Å². The molecule has 0 rings (SSSR count). The van der Waals surface area contributed by atoms with E-state index < -0.39 is 19.8 Å². The predicted octanol–water partition coefficient (Wildman–Crippen LogP) is 2.57. The molecular formula is C5H6Cl4N2O2S2. The van der Waals surface area contributed by atoms with Gasteiger partial charge < -0.3 is 0 Å². The fraction of sp³-hybridized carbons (Fsp3) is 0.800. The minimum absolute atomic E-state index is 0.0421. The van der Waals surface area contributed by atoms with Crippen molar-refractivity contribution in [1.82, 2.24) is 4.31 Å². The van der Waals surface area contributed by atoms with Crippen molar-refractivity contribution in [2.45, 2.75) is 8.50 Å². The molecule has 10 heteroatoms. The monoisotopic (exact) mass is 330 g/mol. The van der Waals surface area contributed by atoms with Gasteiger partial charge in [0.1, 0.15) is 11.4 Å². The van der Waals surface area contributed by atoms with Gasteiger partial charge in [-0.3, -0.25) is 4.55 Å². The third kappa shape index (κ3) is 6.39. The van der Waals surface area contributed by atoms with Crippen molar-refractivity contribution < 1.29 is 8.76 Å². The third-order valence-corrected chi connectivity index (χ3v) is 5.50. The van der Waals surface area contributed by atoms with Crippen LogP contribution in [0.15, 0.2) is 0 Å². The van der Waals surface area contributed by atoms with Gasteiger partial charge in [0.05, 0.1) is 11.9 Å². The van der Waals surface area contributed by atoms with Crippen LogP contribution in [0.1, 0.15) is 0 Å². The molecule has 0 fully saturated rings. The molecule has 0 aliphatic heterocycles. The maximum absolute atomic E-state index is 10.7. The molecule has 1 unspecified atom stereocenters. The fourth-order valence-corrected chi connectivity index (χ4v) is 2.34. The smallest absolute Gasteiger partial charge is 0.236 e. The molecule has 0 heterocycles. The molecular weight excluding hydrogens is 326 g/mol. The van der Waals surface area contributed by atoms with Gasteiger partial charge in [0.2, 0.25) is 11.3 Å². The molecule has 0 aliphatic rings. The Morgan fingerprint density at radius 2 is 2.13 bits per heavy atom. The predicted molar refractivity (Wildman–Crippen MR) is 65.5 cm³/mol. The highest BCUT2D eigenvalue weighted by molar-refractivity contribution is 8.03. The Labute approximate surface area is 114 Å². The molecule has 0 amide bonds. The van der Waals surface area contributed by atoms with Gasteiger partial charge in [-0.15, -0.1) is 35.0 Å². The summed E-state index contributed by atoms with van der Waals surface area (Å²) in [4.78, 5) is -1.05. The molecule has 0 saturated carbocycles. The van der Waals surface area contributed by atoms with Gasteiger partial charge in [-0.2, -0.15) is 9.57 Å². The standard InChI is InChI=1S/C5H6Cl4N2O2S2/c6-4(7)5(8,9)14-3-11(2-1-10)15(12)13/h4H,2-3H2,(H,12,13). The third-order valence-electron chi connectivity index (χ3n) is 1.12. The van der Waals surface area contributed by atoms with Gasteiger partial charge in [-0.25, -0.2) is 4.21 Å². The number of hydrogen-bond acceptors (Lipinski definition) is 3. The second-order valence-electron chi connectivity index (χ2n) is 2.16. The van der Waals surface area contributed by atoms with E-state index in [1.165, 1.54) is 0 Å². The number of thioether (sulfide) groups is 1. The van der Waals surface area contributed by atoms with Gasteiger partial charge >= 0.3 is 0 Å². The van der Waals surface area contributed by atoms with Crippen LogP contribution in [0.2, 0.25) is 0 Å². The molecule has 0 aromatic rings. The molecule has 0 bridgehead atoms. The minimum atomic E-state index is -2.26. The maximum atomic E-state index is 10.7. The van der Waals surface area contributed by atoms with Crippen LogP contribution in [0.25, 0.3) is 0 Å². The summed E-state index contributed by atoms with van der Waals surface area (Å²) in [6.45, 7) is -0.227. The molecule has 0 aliphatic carbocycles. The van der Waals surface area contributed by atoms with Crippen LogP contribution in [0.3, 0.4) is 0 Å². The SMILES string of the molecule is N#CCN(CSC(Cl)(Cl)C(Cl)Cl)S(=O)O. The Hall–Kier alpha value is 1.07. The zero-order valence-corrected chi connectivity index (χ0v) is 11.7. The Bertz CT molecular complexity index is 270. The van der Waals surface area contributed by atoms with Gasteiger partial charge in [0.25, 0.3) is 0 Å². The second-order valence-corrected chi connectivity index (χ2v) is 7.26. The second kappa shape index (κ2) is 7.41. The average molecular weight is 332 g/mol. The number of hydrogen-bond donors (Lipinski definition) is 1. The molecule has 1 atom stereocenters. The summed E-state index contributed by atoms with van der Waals surface area (Å²) in [5.41, 5.74) is 0. The largest absolute Gasteiger partial charge is 0.294 e. The highest BCUT2D eigenvalue weighted by Gasteiger charge is 2.33. The summed E-state index contributed by atoms with van der Waals surface area (Å²) in [6.07, 6.45) is 0. The molecule has 88 valence electrons. The maximum Gasteiger partial charge on any atom is 0.236 e. The molecule has 0 spiro atoms. The van der Waals surface area contributed by atoms with Crippen molar-refractivity contribution in [1.29, 1.82) is 5.26 Å². The number of nitriles is 1. The molecule has 0 aromatic carbocycles. The van der Waals surface area contributed by atoms with Crippen molar-refractivity contribution in [3.8, 4) is 6.07 Å². The van der Waals surface area contributed by atoms with E-state index in [1.807, 2.05) is 0 Å². The van der Waals surface area contributed by atoms with Gasteiger partial charge in [-0.1, -0.05) is 23.2 Å². The summed E-state index contributed by atoms with van der Waals surface area (Å²) in [5, 5.41) is 8.36. The molecule has 15 heavy (non-hydrogen) atoms. The first-order chi connectivity index (χ1) is 6.81. The van der Waals surface area contributed by atoms with Crippen molar-refractivity contribution >= 4 is 69.4 Å². The number of halogens is 4. The topological polar surface area (TPSA) is 64.3 Å². The van der Waals surface area contributed by atoms with E-state index >= 15 is 0 Å². The molecule has 0 saturated heterocycles. The van der Waals surface area contributed by atoms with E-state index in [-0.39, 0.29) is 12.4 Å². The van der Waals surface area contributed by atoms with E-state index in [0.29, 0.717) is 0 Å². The first-order valence-electron chi connectivity index (χ1n) is 3.34. The van der Waals surface area contributed by atoms with Crippen LogP contribution < -0.4 is 0 Å². The van der Waals surface area contributed by atoms with E-state index in [1.54, 1.807) is 6.07 Å². The zero-order valence-electron chi connectivity index (χ0n) is 7.07. The Balaban J connectivity index is 4.23. The van der Waals surface area contributed by atoms with E-state index in [4.69, 9.17) is 56.2 Å². The van der Waals surface area contributed by atoms with Crippen LogP contribution in [0.5, 0.6) is 0 Å². The Kier molecular flexibility index (Phi) is 7.93. The first-order valence-corrected chi connectivity index (χ1v) is 7.02. The average Bonchev–Trinajstić information content (AvgIpc) is 2.11. The summed E-state index contributed by atoms with van der Waals surface area (Å²) in [7, 11) is 0. The summed E-state index contributed by atoms with van der Waals surface area (Å²) in [6, 6.07) is 1.72. The summed E-state index contributed by atoms with van der Waals surface area (Å²) >= 11 is 20.9. The molecule has 0 aromatic heterocycles. The van der Waals surface area contributed by atoms with Crippen molar-refractivity contribution in [2.24, 2.45) is 0 Å². The van der Waals surface area contributed by atoms with Crippen LogP contribution in [0.4, 0.5) is 0 Å². The number of nitrogens with zero attached hydrogens (tertiary/aromatic N) is 2. The Morgan fingerprint density at radius 1 is 1.60 bits per heavy atom. The highest BCUT2D eigenvalue weighted by Crippen LogP contribution is 2.42. The molecule has 1 N–H and O–H groups in total. The lowest BCUT2D eigenvalue weighted by molar-refractivity contribution is 0.466. The van der Waals surface area contributed by atoms with Crippen LogP contribution in [0, 0.1) is 11.3 Å². The lowest BCUT2D eigenvalue weighted by Crippen LogP contribution is -2.29. The quantitative estimate of drug-likeness (QED) is 0.351. The lowest BCUT2D eigenvalue weighted by atomic mass is 10.7. The lowest BCUT2D eigenvalue weighted by Gasteiger charge is -2.22. The normalized spacial score (nSPS) is 14.3. The number of alkyl halides is 4. The van der Waals surface area contributed by atoms with Crippen LogP contribution in [-0.4, -0.2) is 34.0 Å². The van der Waals surface area contributed by atoms with E-state index in [9.17, 15) is 4.21 Å². The van der Waals surface area contributed by atoms with Crippen LogP contribution in [-0.2, 0) is 11.3 Å². The van der Waals surface area contributed by atoms with Crippen molar-refractivity contribution in [3.63, 3.8) is 0 Å². The zero-order chi connectivity index (χ0) is 12.1. The highest BCUT2D eigenvalue weighted by atomic mass is 35.5. The van der Waals surface area contributed by atoms with Crippen LogP contribution >= 0.6 is 58.2 Å². The van der Waals surface area contributed by atoms with Crippen molar-refractivity contribution in [2.75, 3.05) is 12.4 Å². The Morgan fingerprint density at radius 3 is 2.47 bits per heavy atom. The van der Waals surface area contributed by atoms with Gasteiger partial charge in [0.15, 0.2) is 3.67 Å². The van der Waals surface area contributed by atoms with E-state index in [0.717, 1.165) is 16.1 Å². The summed E-state index contributed by atoms with van der Waals surface area (Å²) < 4.78 is 18.9. The summed E-state index contributed by atoms with van der Waals surface area (Å²) in [5.74, 6) is -0.0421.